The summed E-state index contributed by atoms with van der Waals surface area (Å²) >= 11 is 0. The van der Waals surface area contributed by atoms with Crippen LogP contribution in [-0.2, 0) is 13.6 Å². The Morgan fingerprint density at radius 3 is 2.57 bits per heavy atom. The summed E-state index contributed by atoms with van der Waals surface area (Å²) in [6.07, 6.45) is 7.48. The monoisotopic (exact) mass is 373 g/mol. The number of piperazine rings is 1. The van der Waals surface area contributed by atoms with Crippen LogP contribution in [0.4, 0.5) is 5.82 Å². The van der Waals surface area contributed by atoms with E-state index in [4.69, 9.17) is 5.26 Å². The Morgan fingerprint density at radius 2 is 1.89 bits per heavy atom. The summed E-state index contributed by atoms with van der Waals surface area (Å²) < 4.78 is 1.84. The maximum Gasteiger partial charge on any atom is 0.155 e. The first kappa shape index (κ1) is 18.1. The average Bonchev–Trinajstić information content (AvgIpc) is 3.13. The highest BCUT2D eigenvalue weighted by Gasteiger charge is 2.22. The van der Waals surface area contributed by atoms with E-state index in [9.17, 15) is 0 Å². The molecule has 28 heavy (non-hydrogen) atoms. The van der Waals surface area contributed by atoms with Crippen LogP contribution in [0.25, 0.3) is 11.3 Å². The maximum atomic E-state index is 9.12. The van der Waals surface area contributed by atoms with Gasteiger partial charge in [0.1, 0.15) is 5.69 Å². The molecule has 0 spiro atoms. The fourth-order valence-electron chi connectivity index (χ4n) is 3.68. The number of hydrogen-bond donors (Lipinski definition) is 0. The summed E-state index contributed by atoms with van der Waals surface area (Å²) in [5, 5.41) is 13.4. The summed E-state index contributed by atoms with van der Waals surface area (Å²) in [6.45, 7) is 6.68. The summed E-state index contributed by atoms with van der Waals surface area (Å²) in [5.41, 5.74) is 4.85. The van der Waals surface area contributed by atoms with Crippen molar-refractivity contribution in [1.82, 2.24) is 24.6 Å². The number of anilines is 1. The van der Waals surface area contributed by atoms with Crippen molar-refractivity contribution in [2.24, 2.45) is 7.05 Å². The standard InChI is InChI=1S/C21H23N7/c1-16-11-17(12-22)3-4-19(16)20-21(24-6-5-23-20)28-9-7-27(8-10-28)15-18-13-25-26(2)14-18/h3-6,11,13-14H,7-10,15H2,1-2H3. The molecule has 7 nitrogen and oxygen atoms in total. The van der Waals surface area contributed by atoms with E-state index in [2.05, 4.69) is 37.1 Å². The summed E-state index contributed by atoms with van der Waals surface area (Å²) in [4.78, 5) is 14.0. The SMILES string of the molecule is Cc1cc(C#N)ccc1-c1nccnc1N1CCN(Cc2cnn(C)c2)CC1. The minimum absolute atomic E-state index is 0.663. The molecular weight excluding hydrogens is 350 g/mol. The highest BCUT2D eigenvalue weighted by atomic mass is 15.3. The molecule has 2 aromatic heterocycles. The number of aryl methyl sites for hydroxylation is 2. The van der Waals surface area contributed by atoms with E-state index in [-0.39, 0.29) is 0 Å². The number of aromatic nitrogens is 4. The number of hydrogen-bond acceptors (Lipinski definition) is 6. The normalized spacial score (nSPS) is 14.8. The van der Waals surface area contributed by atoms with Crippen molar-refractivity contribution < 1.29 is 0 Å². The van der Waals surface area contributed by atoms with Crippen molar-refractivity contribution in [2.75, 3.05) is 31.1 Å². The fourth-order valence-corrected chi connectivity index (χ4v) is 3.68. The van der Waals surface area contributed by atoms with Crippen molar-refractivity contribution in [3.63, 3.8) is 0 Å². The second kappa shape index (κ2) is 7.79. The van der Waals surface area contributed by atoms with Gasteiger partial charge in [0, 0.05) is 69.5 Å². The van der Waals surface area contributed by atoms with Gasteiger partial charge in [-0.1, -0.05) is 6.07 Å². The summed E-state index contributed by atoms with van der Waals surface area (Å²) in [7, 11) is 1.95. The third-order valence-electron chi connectivity index (χ3n) is 5.13. The van der Waals surface area contributed by atoms with Gasteiger partial charge in [-0.15, -0.1) is 0 Å². The molecule has 1 aromatic carbocycles. The highest BCUT2D eigenvalue weighted by molar-refractivity contribution is 5.75. The largest absolute Gasteiger partial charge is 0.352 e. The second-order valence-corrected chi connectivity index (χ2v) is 7.16. The van der Waals surface area contributed by atoms with Crippen molar-refractivity contribution in [2.45, 2.75) is 13.5 Å². The van der Waals surface area contributed by atoms with E-state index in [0.717, 1.165) is 55.4 Å². The molecule has 1 aliphatic heterocycles. The zero-order chi connectivity index (χ0) is 19.5. The Labute approximate surface area is 164 Å². The number of benzene rings is 1. The Morgan fingerprint density at radius 1 is 1.11 bits per heavy atom. The minimum Gasteiger partial charge on any atom is -0.352 e. The molecule has 0 bridgehead atoms. The zero-order valence-corrected chi connectivity index (χ0v) is 16.2. The third-order valence-corrected chi connectivity index (χ3v) is 5.13. The molecule has 1 aliphatic rings. The lowest BCUT2D eigenvalue weighted by Gasteiger charge is -2.35. The molecule has 0 radical (unpaired) electrons. The van der Waals surface area contributed by atoms with E-state index >= 15 is 0 Å². The highest BCUT2D eigenvalue weighted by Crippen LogP contribution is 2.30. The molecule has 4 rings (SSSR count). The first-order valence-corrected chi connectivity index (χ1v) is 9.41. The fraction of sp³-hybridized carbons (Fsp3) is 0.333. The molecule has 1 fully saturated rings. The van der Waals surface area contributed by atoms with Gasteiger partial charge in [-0.3, -0.25) is 14.6 Å². The van der Waals surface area contributed by atoms with Gasteiger partial charge in [-0.25, -0.2) is 4.98 Å². The van der Waals surface area contributed by atoms with Crippen LogP contribution in [0, 0.1) is 18.3 Å². The lowest BCUT2D eigenvalue weighted by atomic mass is 10.0. The van der Waals surface area contributed by atoms with Gasteiger partial charge < -0.3 is 4.90 Å². The van der Waals surface area contributed by atoms with Crippen LogP contribution >= 0.6 is 0 Å². The molecule has 0 unspecified atom stereocenters. The third kappa shape index (κ3) is 3.73. The van der Waals surface area contributed by atoms with Crippen LogP contribution in [0.3, 0.4) is 0 Å². The molecule has 0 N–H and O–H groups in total. The van der Waals surface area contributed by atoms with E-state index < -0.39 is 0 Å². The van der Waals surface area contributed by atoms with Gasteiger partial charge in [0.15, 0.2) is 5.82 Å². The number of rotatable bonds is 4. The molecule has 1 saturated heterocycles. The van der Waals surface area contributed by atoms with Crippen LogP contribution in [0.2, 0.25) is 0 Å². The van der Waals surface area contributed by atoms with Crippen LogP contribution in [0.15, 0.2) is 43.0 Å². The Bertz CT molecular complexity index is 1010. The van der Waals surface area contributed by atoms with Gasteiger partial charge >= 0.3 is 0 Å². The van der Waals surface area contributed by atoms with Gasteiger partial charge in [0.2, 0.25) is 0 Å². The molecule has 0 saturated carbocycles. The number of nitrogens with zero attached hydrogens (tertiary/aromatic N) is 7. The van der Waals surface area contributed by atoms with E-state index in [0.29, 0.717) is 5.56 Å². The predicted octanol–water partition coefficient (Wildman–Crippen LogP) is 2.38. The molecule has 0 atom stereocenters. The molecule has 0 amide bonds. The van der Waals surface area contributed by atoms with Gasteiger partial charge in [0.05, 0.1) is 17.8 Å². The molecule has 7 heteroatoms. The topological polar surface area (TPSA) is 73.9 Å². The van der Waals surface area contributed by atoms with Crippen molar-refractivity contribution in [3.05, 3.63) is 59.7 Å². The molecular formula is C21H23N7. The molecule has 3 aromatic rings. The van der Waals surface area contributed by atoms with Gasteiger partial charge in [-0.05, 0) is 24.6 Å². The smallest absolute Gasteiger partial charge is 0.155 e. The Hall–Kier alpha value is -3.24. The van der Waals surface area contributed by atoms with E-state index in [1.165, 1.54) is 5.56 Å². The second-order valence-electron chi connectivity index (χ2n) is 7.16. The predicted molar refractivity (Wildman–Crippen MR) is 108 cm³/mol. The van der Waals surface area contributed by atoms with Crippen molar-refractivity contribution in [1.29, 1.82) is 5.26 Å². The Balaban J connectivity index is 1.51. The molecule has 142 valence electrons. The van der Waals surface area contributed by atoms with Crippen molar-refractivity contribution >= 4 is 5.82 Å². The molecule has 3 heterocycles. The van der Waals surface area contributed by atoms with Crippen LogP contribution in [0.1, 0.15) is 16.7 Å². The molecule has 0 aliphatic carbocycles. The zero-order valence-electron chi connectivity index (χ0n) is 16.2. The minimum atomic E-state index is 0.663. The maximum absolute atomic E-state index is 9.12. The van der Waals surface area contributed by atoms with Crippen molar-refractivity contribution in [3.8, 4) is 17.3 Å². The van der Waals surface area contributed by atoms with E-state index in [1.54, 1.807) is 12.4 Å². The van der Waals surface area contributed by atoms with E-state index in [1.807, 2.05) is 43.0 Å². The quantitative estimate of drug-likeness (QED) is 0.699. The number of nitriles is 1. The lowest BCUT2D eigenvalue weighted by molar-refractivity contribution is 0.249. The van der Waals surface area contributed by atoms with Gasteiger partial charge in [-0.2, -0.15) is 10.4 Å². The lowest BCUT2D eigenvalue weighted by Crippen LogP contribution is -2.46. The Kier molecular flexibility index (Phi) is 5.04. The van der Waals surface area contributed by atoms with Crippen LogP contribution in [0.5, 0.6) is 0 Å². The summed E-state index contributed by atoms with van der Waals surface area (Å²) in [5.74, 6) is 0.913. The summed E-state index contributed by atoms with van der Waals surface area (Å²) in [6, 6.07) is 7.91. The van der Waals surface area contributed by atoms with Crippen LogP contribution < -0.4 is 4.90 Å². The first-order valence-electron chi connectivity index (χ1n) is 9.41. The van der Waals surface area contributed by atoms with Gasteiger partial charge in [0.25, 0.3) is 0 Å². The van der Waals surface area contributed by atoms with Crippen LogP contribution in [-0.4, -0.2) is 50.8 Å². The average molecular weight is 373 g/mol. The first-order chi connectivity index (χ1) is 13.6.